The molecular formula is C15H20BrN3O. The summed E-state index contributed by atoms with van der Waals surface area (Å²) in [5, 5.41) is 9.27. The van der Waals surface area contributed by atoms with Gasteiger partial charge in [-0.05, 0) is 54.7 Å². The van der Waals surface area contributed by atoms with Gasteiger partial charge in [0, 0.05) is 23.7 Å². The minimum absolute atomic E-state index is 0.525. The number of benzene rings is 1. The van der Waals surface area contributed by atoms with E-state index in [1.165, 1.54) is 25.7 Å². The Hall–Kier alpha value is -1.07. The van der Waals surface area contributed by atoms with Crippen molar-refractivity contribution in [1.82, 2.24) is 15.1 Å². The highest BCUT2D eigenvalue weighted by Gasteiger charge is 2.22. The van der Waals surface area contributed by atoms with Crippen molar-refractivity contribution in [2.45, 2.75) is 37.8 Å². The first-order valence-electron chi connectivity index (χ1n) is 7.11. The SMILES string of the molecule is CNC1CCC(n2cc3cc(Br)c(OC)cc3n2)CC1. The van der Waals surface area contributed by atoms with Crippen LogP contribution in [0.5, 0.6) is 5.75 Å². The number of hydrogen-bond acceptors (Lipinski definition) is 3. The zero-order valence-corrected chi connectivity index (χ0v) is 13.5. The molecule has 1 aromatic carbocycles. The Morgan fingerprint density at radius 2 is 2.05 bits per heavy atom. The van der Waals surface area contributed by atoms with Gasteiger partial charge in [-0.15, -0.1) is 0 Å². The maximum absolute atomic E-state index is 5.33. The van der Waals surface area contributed by atoms with Crippen molar-refractivity contribution in [3.63, 3.8) is 0 Å². The highest BCUT2D eigenvalue weighted by atomic mass is 79.9. The molecule has 108 valence electrons. The van der Waals surface area contributed by atoms with E-state index in [0.29, 0.717) is 12.1 Å². The number of methoxy groups -OCH3 is 1. The Bertz CT molecular complexity index is 602. The first-order chi connectivity index (χ1) is 9.71. The van der Waals surface area contributed by atoms with Crippen molar-refractivity contribution in [2.24, 2.45) is 0 Å². The molecule has 4 nitrogen and oxygen atoms in total. The van der Waals surface area contributed by atoms with E-state index in [1.807, 2.05) is 6.07 Å². The molecule has 5 heteroatoms. The van der Waals surface area contributed by atoms with E-state index in [1.54, 1.807) is 7.11 Å². The number of rotatable bonds is 3. The van der Waals surface area contributed by atoms with Crippen LogP contribution in [0.2, 0.25) is 0 Å². The van der Waals surface area contributed by atoms with Crippen LogP contribution in [0.3, 0.4) is 0 Å². The lowest BCUT2D eigenvalue weighted by Crippen LogP contribution is -2.31. The van der Waals surface area contributed by atoms with Crippen LogP contribution in [-0.2, 0) is 0 Å². The van der Waals surface area contributed by atoms with E-state index >= 15 is 0 Å². The Balaban J connectivity index is 1.86. The van der Waals surface area contributed by atoms with E-state index in [0.717, 1.165) is 21.1 Å². The van der Waals surface area contributed by atoms with Crippen LogP contribution in [0, 0.1) is 0 Å². The molecule has 0 bridgehead atoms. The molecule has 0 aliphatic heterocycles. The molecule has 1 saturated carbocycles. The van der Waals surface area contributed by atoms with Gasteiger partial charge in [0.2, 0.25) is 0 Å². The van der Waals surface area contributed by atoms with Crippen LogP contribution in [-0.4, -0.2) is 30.0 Å². The maximum Gasteiger partial charge on any atom is 0.135 e. The average molecular weight is 338 g/mol. The second-order valence-corrected chi connectivity index (χ2v) is 6.30. The van der Waals surface area contributed by atoms with E-state index in [9.17, 15) is 0 Å². The molecule has 1 N–H and O–H groups in total. The fourth-order valence-corrected chi connectivity index (χ4v) is 3.54. The van der Waals surface area contributed by atoms with Gasteiger partial charge in [-0.3, -0.25) is 4.68 Å². The monoisotopic (exact) mass is 337 g/mol. The molecular weight excluding hydrogens is 318 g/mol. The van der Waals surface area contributed by atoms with E-state index in [2.05, 4.69) is 45.2 Å². The normalized spacial score (nSPS) is 23.1. The fraction of sp³-hybridized carbons (Fsp3) is 0.533. The predicted octanol–water partition coefficient (Wildman–Crippen LogP) is 3.51. The van der Waals surface area contributed by atoms with Gasteiger partial charge < -0.3 is 10.1 Å². The Morgan fingerprint density at radius 1 is 1.30 bits per heavy atom. The molecule has 20 heavy (non-hydrogen) atoms. The van der Waals surface area contributed by atoms with Crippen molar-refractivity contribution >= 4 is 26.8 Å². The smallest absolute Gasteiger partial charge is 0.135 e. The number of nitrogens with one attached hydrogen (secondary N) is 1. The van der Waals surface area contributed by atoms with Crippen LogP contribution < -0.4 is 10.1 Å². The summed E-state index contributed by atoms with van der Waals surface area (Å²) < 4.78 is 8.45. The third-order valence-corrected chi connectivity index (χ3v) is 4.89. The summed E-state index contributed by atoms with van der Waals surface area (Å²) in [6, 6.07) is 5.27. The van der Waals surface area contributed by atoms with Crippen molar-refractivity contribution < 1.29 is 4.74 Å². The van der Waals surface area contributed by atoms with Crippen molar-refractivity contribution in [3.05, 3.63) is 22.8 Å². The summed E-state index contributed by atoms with van der Waals surface area (Å²) in [6.45, 7) is 0. The van der Waals surface area contributed by atoms with Gasteiger partial charge >= 0.3 is 0 Å². The van der Waals surface area contributed by atoms with Gasteiger partial charge in [-0.2, -0.15) is 5.10 Å². The van der Waals surface area contributed by atoms with Gasteiger partial charge in [0.1, 0.15) is 5.75 Å². The van der Waals surface area contributed by atoms with Crippen LogP contribution in [0.15, 0.2) is 22.8 Å². The Kier molecular flexibility index (Phi) is 3.98. The third-order valence-electron chi connectivity index (χ3n) is 4.27. The molecule has 1 aromatic heterocycles. The molecule has 0 atom stereocenters. The summed E-state index contributed by atoms with van der Waals surface area (Å²) in [5.74, 6) is 0.835. The molecule has 0 unspecified atom stereocenters. The van der Waals surface area contributed by atoms with Gasteiger partial charge in [-0.25, -0.2) is 0 Å². The molecule has 0 radical (unpaired) electrons. The molecule has 1 aliphatic rings. The molecule has 0 spiro atoms. The summed E-state index contributed by atoms with van der Waals surface area (Å²) in [6.07, 6.45) is 6.99. The van der Waals surface area contributed by atoms with Gasteiger partial charge in [-0.1, -0.05) is 0 Å². The average Bonchev–Trinajstić information content (AvgIpc) is 2.89. The topological polar surface area (TPSA) is 39.1 Å². The summed E-state index contributed by atoms with van der Waals surface area (Å²) in [7, 11) is 3.74. The quantitative estimate of drug-likeness (QED) is 0.931. The van der Waals surface area contributed by atoms with E-state index in [4.69, 9.17) is 9.84 Å². The number of nitrogens with zero attached hydrogens (tertiary/aromatic N) is 2. The summed E-state index contributed by atoms with van der Waals surface area (Å²) in [5.41, 5.74) is 1.00. The Morgan fingerprint density at radius 3 is 2.70 bits per heavy atom. The van der Waals surface area contributed by atoms with Crippen LogP contribution in [0.4, 0.5) is 0 Å². The second kappa shape index (κ2) is 5.74. The first kappa shape index (κ1) is 13.9. The molecule has 0 saturated heterocycles. The predicted molar refractivity (Wildman–Crippen MR) is 84.3 cm³/mol. The highest BCUT2D eigenvalue weighted by molar-refractivity contribution is 9.10. The highest BCUT2D eigenvalue weighted by Crippen LogP contribution is 2.33. The van der Waals surface area contributed by atoms with E-state index in [-0.39, 0.29) is 0 Å². The number of halogens is 1. The largest absolute Gasteiger partial charge is 0.495 e. The fourth-order valence-electron chi connectivity index (χ4n) is 3.02. The molecule has 1 aliphatic carbocycles. The minimum atomic E-state index is 0.525. The standard InChI is InChI=1S/C15H20BrN3O/c1-17-11-3-5-12(6-4-11)19-9-10-7-13(16)15(20-2)8-14(10)18-19/h7-9,11-12,17H,3-6H2,1-2H3. The molecule has 2 aromatic rings. The Labute approximate surface area is 127 Å². The molecule has 3 rings (SSSR count). The van der Waals surface area contributed by atoms with Gasteiger partial charge in [0.05, 0.1) is 23.1 Å². The summed E-state index contributed by atoms with van der Waals surface area (Å²) >= 11 is 3.53. The number of fused-ring (bicyclic) bond motifs is 1. The summed E-state index contributed by atoms with van der Waals surface area (Å²) in [4.78, 5) is 0. The van der Waals surface area contributed by atoms with Gasteiger partial charge in [0.15, 0.2) is 0 Å². The maximum atomic E-state index is 5.33. The zero-order chi connectivity index (χ0) is 14.1. The molecule has 1 heterocycles. The van der Waals surface area contributed by atoms with Crippen molar-refractivity contribution in [2.75, 3.05) is 14.2 Å². The van der Waals surface area contributed by atoms with Crippen LogP contribution >= 0.6 is 15.9 Å². The minimum Gasteiger partial charge on any atom is -0.495 e. The van der Waals surface area contributed by atoms with Crippen molar-refractivity contribution in [1.29, 1.82) is 0 Å². The van der Waals surface area contributed by atoms with Crippen LogP contribution in [0.25, 0.3) is 10.9 Å². The van der Waals surface area contributed by atoms with Crippen molar-refractivity contribution in [3.8, 4) is 5.75 Å². The van der Waals surface area contributed by atoms with E-state index < -0.39 is 0 Å². The lowest BCUT2D eigenvalue weighted by molar-refractivity contribution is 0.285. The number of aromatic nitrogens is 2. The number of hydrogen-bond donors (Lipinski definition) is 1. The lowest BCUT2D eigenvalue weighted by Gasteiger charge is -2.28. The molecule has 0 amide bonds. The van der Waals surface area contributed by atoms with Crippen LogP contribution in [0.1, 0.15) is 31.7 Å². The lowest BCUT2D eigenvalue weighted by atomic mass is 9.91. The number of ether oxygens (including phenoxy) is 1. The second-order valence-electron chi connectivity index (χ2n) is 5.45. The van der Waals surface area contributed by atoms with Gasteiger partial charge in [0.25, 0.3) is 0 Å². The third kappa shape index (κ3) is 2.56. The molecule has 1 fully saturated rings. The first-order valence-corrected chi connectivity index (χ1v) is 7.90. The zero-order valence-electron chi connectivity index (χ0n) is 11.9.